The van der Waals surface area contributed by atoms with Gasteiger partial charge in [0.15, 0.2) is 11.5 Å². The van der Waals surface area contributed by atoms with Gasteiger partial charge in [-0.3, -0.25) is 14.6 Å². The molecule has 31 heavy (non-hydrogen) atoms. The van der Waals surface area contributed by atoms with Crippen molar-refractivity contribution in [1.82, 2.24) is 5.32 Å². The smallest absolute Gasteiger partial charge is 0.268 e. The first-order chi connectivity index (χ1) is 14.7. The summed E-state index contributed by atoms with van der Waals surface area (Å²) >= 11 is 0. The second-order valence-corrected chi connectivity index (χ2v) is 7.93. The molecule has 0 aromatic heterocycles. The van der Waals surface area contributed by atoms with Gasteiger partial charge in [-0.2, -0.15) is 5.10 Å². The third-order valence-corrected chi connectivity index (χ3v) is 5.28. The predicted molar refractivity (Wildman–Crippen MR) is 113 cm³/mol. The third kappa shape index (κ3) is 4.16. The number of fused-ring (bicyclic) bond motifs is 1. The Morgan fingerprint density at radius 2 is 1.81 bits per heavy atom. The van der Waals surface area contributed by atoms with E-state index in [1.165, 1.54) is 29.3 Å². The average molecular weight is 426 g/mol. The van der Waals surface area contributed by atoms with Crippen molar-refractivity contribution in [3.8, 4) is 11.5 Å². The summed E-state index contributed by atoms with van der Waals surface area (Å²) in [5.41, 5.74) is 6.23. The number of benzene rings is 2. The maximum absolute atomic E-state index is 13.3. The van der Waals surface area contributed by atoms with Gasteiger partial charge in [0.25, 0.3) is 5.91 Å². The molecule has 8 nitrogen and oxygen atoms in total. The lowest BCUT2D eigenvalue weighted by atomic mass is 9.93. The van der Waals surface area contributed by atoms with E-state index in [1.54, 1.807) is 0 Å². The summed E-state index contributed by atoms with van der Waals surface area (Å²) in [6, 6.07) is 10.2. The molecular weight excluding hydrogens is 403 g/mol. The number of hydrazone groups is 1. The fraction of sp³-hybridized carbons (Fsp3) is 0.318. The number of amides is 2. The number of nitrogens with zero attached hydrogens (tertiary/aromatic N) is 2. The Labute approximate surface area is 178 Å². The topological polar surface area (TPSA) is 106 Å². The van der Waals surface area contributed by atoms with Crippen LogP contribution in [0.5, 0.6) is 11.5 Å². The molecule has 0 aliphatic carbocycles. The van der Waals surface area contributed by atoms with Crippen LogP contribution in [0.3, 0.4) is 0 Å². The van der Waals surface area contributed by atoms with Crippen LogP contribution in [-0.4, -0.2) is 36.8 Å². The molecule has 2 aliphatic rings. The molecule has 0 saturated heterocycles. The number of hydrogen-bond donors (Lipinski definition) is 2. The summed E-state index contributed by atoms with van der Waals surface area (Å²) in [5.74, 6) is -0.170. The maximum Gasteiger partial charge on any atom is 0.268 e. The van der Waals surface area contributed by atoms with Crippen molar-refractivity contribution >= 4 is 23.2 Å². The minimum Gasteiger partial charge on any atom is -0.486 e. The number of nitrogens with one attached hydrogen (secondary N) is 1. The zero-order valence-corrected chi connectivity index (χ0v) is 17.2. The fourth-order valence-corrected chi connectivity index (χ4v) is 3.56. The molecule has 2 aliphatic heterocycles. The first-order valence-electron chi connectivity index (χ1n) is 9.89. The van der Waals surface area contributed by atoms with Crippen LogP contribution < -0.4 is 25.5 Å². The van der Waals surface area contributed by atoms with E-state index in [2.05, 4.69) is 10.4 Å². The third-order valence-electron chi connectivity index (χ3n) is 5.28. The van der Waals surface area contributed by atoms with E-state index in [0.29, 0.717) is 30.4 Å². The summed E-state index contributed by atoms with van der Waals surface area (Å²) < 4.78 is 24.4. The quantitative estimate of drug-likeness (QED) is 0.761. The summed E-state index contributed by atoms with van der Waals surface area (Å²) in [6.07, 6.45) is 0.0514. The van der Waals surface area contributed by atoms with Crippen LogP contribution in [0.15, 0.2) is 47.6 Å². The molecule has 162 valence electrons. The van der Waals surface area contributed by atoms with Gasteiger partial charge in [0, 0.05) is 6.42 Å². The molecule has 2 aromatic carbocycles. The van der Waals surface area contributed by atoms with Crippen molar-refractivity contribution in [3.05, 3.63) is 53.8 Å². The summed E-state index contributed by atoms with van der Waals surface area (Å²) in [6.45, 7) is 4.68. The predicted octanol–water partition coefficient (Wildman–Crippen LogP) is 2.07. The van der Waals surface area contributed by atoms with Crippen LogP contribution in [0.25, 0.3) is 0 Å². The van der Waals surface area contributed by atoms with Crippen LogP contribution >= 0.6 is 0 Å². The van der Waals surface area contributed by atoms with Gasteiger partial charge in [-0.1, -0.05) is 6.07 Å². The average Bonchev–Trinajstić information content (AvgIpc) is 3.20. The molecule has 0 saturated carbocycles. The normalized spacial score (nSPS) is 17.8. The van der Waals surface area contributed by atoms with E-state index in [0.717, 1.165) is 5.56 Å². The zero-order valence-electron chi connectivity index (χ0n) is 17.2. The highest BCUT2D eigenvalue weighted by Gasteiger charge is 2.36. The highest BCUT2D eigenvalue weighted by Crippen LogP contribution is 2.34. The Morgan fingerprint density at radius 3 is 2.48 bits per heavy atom. The first-order valence-corrected chi connectivity index (χ1v) is 9.89. The summed E-state index contributed by atoms with van der Waals surface area (Å²) in [4.78, 5) is 24.9. The lowest BCUT2D eigenvalue weighted by Gasteiger charge is -2.28. The van der Waals surface area contributed by atoms with E-state index in [9.17, 15) is 14.0 Å². The van der Waals surface area contributed by atoms with E-state index in [-0.39, 0.29) is 12.1 Å². The molecule has 4 rings (SSSR count). The van der Waals surface area contributed by atoms with E-state index in [4.69, 9.17) is 15.2 Å². The molecule has 2 heterocycles. The number of rotatable bonds is 5. The Kier molecular flexibility index (Phi) is 5.26. The Hall–Kier alpha value is -3.62. The van der Waals surface area contributed by atoms with Gasteiger partial charge in [0.1, 0.15) is 30.8 Å². The lowest BCUT2D eigenvalue weighted by molar-refractivity contribution is -0.119. The molecule has 1 unspecified atom stereocenters. The van der Waals surface area contributed by atoms with Gasteiger partial charge in [-0.25, -0.2) is 4.39 Å². The number of anilines is 1. The monoisotopic (exact) mass is 426 g/mol. The molecule has 0 fully saturated rings. The molecule has 2 aromatic rings. The number of ether oxygens (including phenoxy) is 2. The molecule has 9 heteroatoms. The van der Waals surface area contributed by atoms with Crippen molar-refractivity contribution in [2.45, 2.75) is 31.8 Å². The van der Waals surface area contributed by atoms with E-state index in [1.807, 2.05) is 32.0 Å². The van der Waals surface area contributed by atoms with Gasteiger partial charge in [0.2, 0.25) is 5.91 Å². The van der Waals surface area contributed by atoms with Crippen LogP contribution in [0.2, 0.25) is 0 Å². The fourth-order valence-electron chi connectivity index (χ4n) is 3.56. The first kappa shape index (κ1) is 20.6. The van der Waals surface area contributed by atoms with Crippen molar-refractivity contribution in [2.75, 3.05) is 18.2 Å². The highest BCUT2D eigenvalue weighted by molar-refractivity contribution is 6.40. The Balaban J connectivity index is 1.55. The minimum atomic E-state index is -0.830. The van der Waals surface area contributed by atoms with E-state index < -0.39 is 29.2 Å². The molecule has 0 bridgehead atoms. The van der Waals surface area contributed by atoms with Crippen molar-refractivity contribution in [2.24, 2.45) is 10.8 Å². The largest absolute Gasteiger partial charge is 0.486 e. The molecule has 0 radical (unpaired) electrons. The Bertz CT molecular complexity index is 1050. The second kappa shape index (κ2) is 7.90. The summed E-state index contributed by atoms with van der Waals surface area (Å²) in [5, 5.41) is 8.62. The Morgan fingerprint density at radius 1 is 1.13 bits per heavy atom. The zero-order chi connectivity index (χ0) is 22.2. The standard InChI is InChI=1S/C22H23FN4O4/c1-22(2,13-3-8-18-19(11-13)31-10-9-30-18)25-21(29)16-12-17(20(24)28)27(26-16)15-6-4-14(23)5-7-15/h3-8,11,17H,9-10,12H2,1-2H3,(H2,24,28)(H,25,29). The van der Waals surface area contributed by atoms with Gasteiger partial charge in [-0.15, -0.1) is 0 Å². The highest BCUT2D eigenvalue weighted by atomic mass is 19.1. The lowest BCUT2D eigenvalue weighted by Crippen LogP contribution is -2.45. The van der Waals surface area contributed by atoms with Crippen LogP contribution in [0.1, 0.15) is 25.8 Å². The number of halogens is 1. The number of carbonyl (C=O) groups excluding carboxylic acids is 2. The van der Waals surface area contributed by atoms with Crippen LogP contribution in [0, 0.1) is 5.82 Å². The molecule has 0 spiro atoms. The van der Waals surface area contributed by atoms with Crippen LogP contribution in [0.4, 0.5) is 10.1 Å². The van der Waals surface area contributed by atoms with Gasteiger partial charge in [-0.05, 0) is 55.8 Å². The van der Waals surface area contributed by atoms with Gasteiger partial charge in [0.05, 0.1) is 11.2 Å². The molecular formula is C22H23FN4O4. The van der Waals surface area contributed by atoms with Crippen molar-refractivity contribution in [3.63, 3.8) is 0 Å². The molecule has 3 N–H and O–H groups in total. The minimum absolute atomic E-state index is 0.0514. The summed E-state index contributed by atoms with van der Waals surface area (Å²) in [7, 11) is 0. The van der Waals surface area contributed by atoms with E-state index >= 15 is 0 Å². The SMILES string of the molecule is CC(C)(NC(=O)C1=NN(c2ccc(F)cc2)C(C(N)=O)C1)c1ccc2c(c1)OCCO2. The van der Waals surface area contributed by atoms with Crippen molar-refractivity contribution in [1.29, 1.82) is 0 Å². The van der Waals surface area contributed by atoms with Crippen molar-refractivity contribution < 1.29 is 23.5 Å². The van der Waals surface area contributed by atoms with Crippen LogP contribution in [-0.2, 0) is 15.1 Å². The number of nitrogens with two attached hydrogens (primary N) is 1. The maximum atomic E-state index is 13.3. The number of primary amides is 1. The van der Waals surface area contributed by atoms with Gasteiger partial charge < -0.3 is 20.5 Å². The second-order valence-electron chi connectivity index (χ2n) is 7.93. The molecule has 1 atom stereocenters. The van der Waals surface area contributed by atoms with Gasteiger partial charge >= 0.3 is 0 Å². The molecule has 2 amide bonds. The number of hydrogen-bond acceptors (Lipinski definition) is 6. The number of carbonyl (C=O) groups is 2.